The van der Waals surface area contributed by atoms with Crippen LogP contribution in [0.3, 0.4) is 0 Å². The number of hydrogen-bond donors (Lipinski definition) is 3. The highest BCUT2D eigenvalue weighted by Gasteiger charge is 2.28. The van der Waals surface area contributed by atoms with Crippen molar-refractivity contribution in [2.24, 2.45) is 5.92 Å². The van der Waals surface area contributed by atoms with Gasteiger partial charge in [-0.2, -0.15) is 0 Å². The van der Waals surface area contributed by atoms with Gasteiger partial charge < -0.3 is 35.3 Å². The van der Waals surface area contributed by atoms with Crippen molar-refractivity contribution in [3.63, 3.8) is 0 Å². The highest BCUT2D eigenvalue weighted by Crippen LogP contribution is 2.36. The Morgan fingerprint density at radius 1 is 1.05 bits per heavy atom. The van der Waals surface area contributed by atoms with E-state index < -0.39 is 0 Å². The summed E-state index contributed by atoms with van der Waals surface area (Å²) in [6.07, 6.45) is 14.3. The van der Waals surface area contributed by atoms with Gasteiger partial charge in [-0.15, -0.1) is 0 Å². The minimum atomic E-state index is -0.0804. The van der Waals surface area contributed by atoms with Crippen molar-refractivity contribution in [3.8, 4) is 0 Å². The predicted molar refractivity (Wildman–Crippen MR) is 168 cm³/mol. The summed E-state index contributed by atoms with van der Waals surface area (Å²) in [5.41, 5.74) is 2.26. The standard InChI is InChI=1S/C32H46N8O2/c1-23(36-31-25(21-33)20-28(32(42)37(2)3)40(31)26-10-6-7-11-26)35-29-14-13-27(22-34-29)38-16-18-39(19-17-38)30(41)15-12-24-8-4-5-9-24/h13-14,20-22,24,26,33,36H,1,4-12,15-19H2,2-3H3,(H,34,35). The number of anilines is 3. The van der Waals surface area contributed by atoms with E-state index in [-0.39, 0.29) is 11.9 Å². The molecule has 3 fully saturated rings. The molecule has 2 aliphatic carbocycles. The van der Waals surface area contributed by atoms with Crippen LogP contribution >= 0.6 is 0 Å². The highest BCUT2D eigenvalue weighted by atomic mass is 16.2. The molecule has 10 nitrogen and oxygen atoms in total. The zero-order chi connectivity index (χ0) is 29.6. The SMILES string of the molecule is C=C(Nc1ccc(N2CCN(C(=O)CCC3CCCC3)CC2)cn1)Nc1c(C=N)cc(C(=O)N(C)C)n1C1CCCC1. The summed E-state index contributed by atoms with van der Waals surface area (Å²) in [5, 5.41) is 14.6. The normalized spacial score (nSPS) is 17.9. The Hall–Kier alpha value is -3.82. The first kappa shape index (κ1) is 29.7. The number of rotatable bonds is 11. The summed E-state index contributed by atoms with van der Waals surface area (Å²) >= 11 is 0. The van der Waals surface area contributed by atoms with E-state index in [1.165, 1.54) is 31.9 Å². The highest BCUT2D eigenvalue weighted by molar-refractivity contribution is 5.98. The van der Waals surface area contributed by atoms with Crippen molar-refractivity contribution < 1.29 is 9.59 Å². The van der Waals surface area contributed by atoms with Crippen LogP contribution < -0.4 is 15.5 Å². The third-order valence-electron chi connectivity index (χ3n) is 9.07. The van der Waals surface area contributed by atoms with Crippen LogP contribution in [-0.2, 0) is 4.79 Å². The molecule has 42 heavy (non-hydrogen) atoms. The molecule has 3 N–H and O–H groups in total. The fraction of sp³-hybridized carbons (Fsp3) is 0.562. The molecule has 226 valence electrons. The van der Waals surface area contributed by atoms with E-state index in [0.29, 0.717) is 41.0 Å². The monoisotopic (exact) mass is 574 g/mol. The maximum atomic E-state index is 13.0. The van der Waals surface area contributed by atoms with Gasteiger partial charge in [0.2, 0.25) is 5.91 Å². The first-order valence-corrected chi connectivity index (χ1v) is 15.5. The Bertz CT molecular complexity index is 1260. The minimum Gasteiger partial charge on any atom is -0.367 e. The fourth-order valence-electron chi connectivity index (χ4n) is 6.70. The van der Waals surface area contributed by atoms with E-state index in [9.17, 15) is 9.59 Å². The van der Waals surface area contributed by atoms with Gasteiger partial charge in [-0.3, -0.25) is 9.59 Å². The van der Waals surface area contributed by atoms with Crippen LogP contribution in [0.2, 0.25) is 0 Å². The van der Waals surface area contributed by atoms with E-state index in [0.717, 1.165) is 69.9 Å². The zero-order valence-corrected chi connectivity index (χ0v) is 25.2. The number of piperazine rings is 1. The van der Waals surface area contributed by atoms with Crippen molar-refractivity contribution >= 4 is 35.4 Å². The van der Waals surface area contributed by atoms with Crippen molar-refractivity contribution in [1.29, 1.82) is 5.41 Å². The van der Waals surface area contributed by atoms with Gasteiger partial charge in [-0.25, -0.2) is 4.98 Å². The van der Waals surface area contributed by atoms with E-state index in [4.69, 9.17) is 5.41 Å². The van der Waals surface area contributed by atoms with Crippen molar-refractivity contribution in [2.75, 3.05) is 55.8 Å². The number of carbonyl (C=O) groups excluding carboxylic acids is 2. The molecule has 3 aliphatic rings. The number of nitrogens with one attached hydrogen (secondary N) is 3. The van der Waals surface area contributed by atoms with Crippen LogP contribution in [0.5, 0.6) is 0 Å². The molecule has 0 radical (unpaired) electrons. The third kappa shape index (κ3) is 6.79. The van der Waals surface area contributed by atoms with Crippen LogP contribution in [0.15, 0.2) is 36.8 Å². The topological polar surface area (TPSA) is 110 Å². The molecule has 0 spiro atoms. The first-order valence-electron chi connectivity index (χ1n) is 15.5. The number of nitrogens with zero attached hydrogens (tertiary/aromatic N) is 5. The maximum absolute atomic E-state index is 13.0. The summed E-state index contributed by atoms with van der Waals surface area (Å²) in [5.74, 6) is 2.84. The van der Waals surface area contributed by atoms with Gasteiger partial charge >= 0.3 is 0 Å². The van der Waals surface area contributed by atoms with Crippen LogP contribution in [0, 0.1) is 11.3 Å². The fourth-order valence-corrected chi connectivity index (χ4v) is 6.70. The zero-order valence-electron chi connectivity index (χ0n) is 25.2. The quantitative estimate of drug-likeness (QED) is 0.314. The van der Waals surface area contributed by atoms with Gasteiger partial charge in [0, 0.05) is 64.5 Å². The Kier molecular flexibility index (Phi) is 9.49. The van der Waals surface area contributed by atoms with Gasteiger partial charge in [0.1, 0.15) is 23.2 Å². The molecule has 3 heterocycles. The lowest BCUT2D eigenvalue weighted by Gasteiger charge is -2.36. The lowest BCUT2D eigenvalue weighted by atomic mass is 10.0. The van der Waals surface area contributed by atoms with Crippen molar-refractivity contribution in [1.82, 2.24) is 19.4 Å². The number of amides is 2. The Balaban J connectivity index is 1.17. The molecule has 2 aromatic heterocycles. The Morgan fingerprint density at radius 2 is 1.74 bits per heavy atom. The number of aromatic nitrogens is 2. The first-order chi connectivity index (χ1) is 20.3. The molecule has 5 rings (SSSR count). The van der Waals surface area contributed by atoms with Gasteiger partial charge in [0.25, 0.3) is 5.91 Å². The maximum Gasteiger partial charge on any atom is 0.270 e. The largest absolute Gasteiger partial charge is 0.367 e. The lowest BCUT2D eigenvalue weighted by Crippen LogP contribution is -2.48. The molecule has 0 atom stereocenters. The second-order valence-electron chi connectivity index (χ2n) is 12.2. The average molecular weight is 575 g/mol. The van der Waals surface area contributed by atoms with Crippen LogP contribution in [0.25, 0.3) is 0 Å². The molecule has 0 aromatic carbocycles. The summed E-state index contributed by atoms with van der Waals surface area (Å²) in [6.45, 7) is 7.26. The number of carbonyl (C=O) groups is 2. The summed E-state index contributed by atoms with van der Waals surface area (Å²) in [4.78, 5) is 36.2. The van der Waals surface area contributed by atoms with Crippen LogP contribution in [0.1, 0.15) is 86.3 Å². The van der Waals surface area contributed by atoms with Gasteiger partial charge in [-0.1, -0.05) is 45.1 Å². The van der Waals surface area contributed by atoms with E-state index in [1.54, 1.807) is 25.1 Å². The predicted octanol–water partition coefficient (Wildman–Crippen LogP) is 5.31. The summed E-state index contributed by atoms with van der Waals surface area (Å²) in [7, 11) is 3.50. The van der Waals surface area contributed by atoms with E-state index >= 15 is 0 Å². The number of pyridine rings is 1. The Morgan fingerprint density at radius 3 is 2.36 bits per heavy atom. The van der Waals surface area contributed by atoms with Gasteiger partial charge in [0.05, 0.1) is 11.9 Å². The molecule has 1 aliphatic heterocycles. The molecule has 2 aromatic rings. The molecule has 10 heteroatoms. The second kappa shape index (κ2) is 13.4. The van der Waals surface area contributed by atoms with E-state index in [2.05, 4.69) is 31.7 Å². The van der Waals surface area contributed by atoms with Crippen molar-refractivity contribution in [2.45, 2.75) is 70.3 Å². The van der Waals surface area contributed by atoms with Crippen LogP contribution in [-0.4, -0.2) is 77.7 Å². The molecular weight excluding hydrogens is 528 g/mol. The Labute approximate surface area is 249 Å². The molecule has 0 unspecified atom stereocenters. The molecule has 1 saturated heterocycles. The average Bonchev–Trinajstić information content (AvgIpc) is 3.78. The van der Waals surface area contributed by atoms with Crippen molar-refractivity contribution in [3.05, 3.63) is 48.1 Å². The van der Waals surface area contributed by atoms with Crippen LogP contribution in [0.4, 0.5) is 17.3 Å². The summed E-state index contributed by atoms with van der Waals surface area (Å²) < 4.78 is 2.05. The van der Waals surface area contributed by atoms with Gasteiger partial charge in [-0.05, 0) is 43.4 Å². The minimum absolute atomic E-state index is 0.0804. The molecule has 2 amide bonds. The molecule has 2 saturated carbocycles. The molecule has 0 bridgehead atoms. The molecular formula is C32H46N8O2. The smallest absolute Gasteiger partial charge is 0.270 e. The number of hydrogen-bond acceptors (Lipinski definition) is 7. The lowest BCUT2D eigenvalue weighted by molar-refractivity contribution is -0.131. The van der Waals surface area contributed by atoms with Gasteiger partial charge in [0.15, 0.2) is 0 Å². The van der Waals surface area contributed by atoms with E-state index in [1.807, 2.05) is 23.2 Å². The second-order valence-corrected chi connectivity index (χ2v) is 12.2. The third-order valence-corrected chi connectivity index (χ3v) is 9.07. The summed E-state index contributed by atoms with van der Waals surface area (Å²) in [6, 6.07) is 5.96.